The summed E-state index contributed by atoms with van der Waals surface area (Å²) in [5.41, 5.74) is 2.34. The van der Waals surface area contributed by atoms with Gasteiger partial charge in [0.05, 0.1) is 30.3 Å². The number of benzene rings is 2. The fourth-order valence-corrected chi connectivity index (χ4v) is 4.62. The Bertz CT molecular complexity index is 1270. The molecule has 33 heavy (non-hydrogen) atoms. The molecule has 1 fully saturated rings. The average molecular weight is 442 g/mol. The van der Waals surface area contributed by atoms with Crippen molar-refractivity contribution in [2.75, 3.05) is 13.2 Å². The van der Waals surface area contributed by atoms with Crippen molar-refractivity contribution in [1.29, 1.82) is 0 Å². The molecule has 7 nitrogen and oxygen atoms in total. The van der Waals surface area contributed by atoms with Crippen LogP contribution in [0.15, 0.2) is 67.1 Å². The maximum Gasteiger partial charge on any atom is 0.256 e. The van der Waals surface area contributed by atoms with Crippen molar-refractivity contribution >= 4 is 16.7 Å². The monoisotopic (exact) mass is 441 g/mol. The minimum absolute atomic E-state index is 0.00601. The number of amides is 1. The lowest BCUT2D eigenvalue weighted by molar-refractivity contribution is 0.0449. The molecule has 0 radical (unpaired) electrons. The molecular weight excluding hydrogens is 414 g/mol. The Balaban J connectivity index is 1.36. The van der Waals surface area contributed by atoms with Gasteiger partial charge in [-0.2, -0.15) is 15.0 Å². The summed E-state index contributed by atoms with van der Waals surface area (Å²) >= 11 is 0. The number of hydrogen-bond acceptors (Lipinski definition) is 5. The number of carbonyl (C=O) groups excluding carboxylic acids is 1. The van der Waals surface area contributed by atoms with E-state index in [4.69, 9.17) is 4.74 Å². The number of ether oxygens (including phenoxy) is 1. The second kappa shape index (κ2) is 9.02. The molecule has 2 aromatic carbocycles. The zero-order valence-electron chi connectivity index (χ0n) is 18.9. The van der Waals surface area contributed by atoms with Gasteiger partial charge in [0.1, 0.15) is 0 Å². The first-order chi connectivity index (χ1) is 16.1. The second-order valence-electron chi connectivity index (χ2n) is 8.63. The standard InChI is InChI=1S/C26H27N5O2/c1-18-9-10-24(31-28-13-14-29-31)23(16-18)26(32)30-15-5-7-21(19(30)2)17-33-25-22-8-4-3-6-20(22)11-12-27-25/h3-4,6,8-14,16,19,21H,5,7,15,17H2,1-2H3. The molecule has 168 valence electrons. The number of piperidine rings is 1. The van der Waals surface area contributed by atoms with Crippen LogP contribution in [0.2, 0.25) is 0 Å². The molecule has 0 aliphatic carbocycles. The van der Waals surface area contributed by atoms with Crippen LogP contribution >= 0.6 is 0 Å². The van der Waals surface area contributed by atoms with Gasteiger partial charge in [-0.15, -0.1) is 0 Å². The molecule has 0 bridgehead atoms. The van der Waals surface area contributed by atoms with Crippen molar-refractivity contribution in [3.8, 4) is 11.6 Å². The van der Waals surface area contributed by atoms with E-state index in [1.165, 1.54) is 4.80 Å². The molecule has 3 heterocycles. The van der Waals surface area contributed by atoms with Crippen LogP contribution in [0.3, 0.4) is 0 Å². The molecule has 7 heteroatoms. The van der Waals surface area contributed by atoms with E-state index in [0.717, 1.165) is 35.7 Å². The third-order valence-corrected chi connectivity index (χ3v) is 6.50. The third kappa shape index (κ3) is 4.18. The Morgan fingerprint density at radius 2 is 1.91 bits per heavy atom. The average Bonchev–Trinajstić information content (AvgIpc) is 3.38. The fraction of sp³-hybridized carbons (Fsp3) is 0.308. The molecule has 5 rings (SSSR count). The molecule has 4 aromatic rings. The quantitative estimate of drug-likeness (QED) is 0.458. The van der Waals surface area contributed by atoms with Gasteiger partial charge >= 0.3 is 0 Å². The van der Waals surface area contributed by atoms with Gasteiger partial charge in [-0.1, -0.05) is 29.8 Å². The summed E-state index contributed by atoms with van der Waals surface area (Å²) in [5, 5.41) is 10.6. The van der Waals surface area contributed by atoms with Gasteiger partial charge in [0.25, 0.3) is 5.91 Å². The van der Waals surface area contributed by atoms with Crippen LogP contribution in [0, 0.1) is 12.8 Å². The molecule has 1 aliphatic rings. The molecule has 0 saturated carbocycles. The van der Waals surface area contributed by atoms with Gasteiger partial charge in [0.15, 0.2) is 0 Å². The Kier molecular flexibility index (Phi) is 5.77. The van der Waals surface area contributed by atoms with Crippen LogP contribution in [-0.2, 0) is 0 Å². The third-order valence-electron chi connectivity index (χ3n) is 6.50. The van der Waals surface area contributed by atoms with Gasteiger partial charge in [0.2, 0.25) is 5.88 Å². The number of carbonyl (C=O) groups is 1. The lowest BCUT2D eigenvalue weighted by Crippen LogP contribution is -2.48. The number of pyridine rings is 1. The Morgan fingerprint density at radius 3 is 2.76 bits per heavy atom. The van der Waals surface area contributed by atoms with E-state index in [-0.39, 0.29) is 17.9 Å². The highest BCUT2D eigenvalue weighted by Gasteiger charge is 2.33. The summed E-state index contributed by atoms with van der Waals surface area (Å²) in [7, 11) is 0. The van der Waals surface area contributed by atoms with Crippen LogP contribution in [0.5, 0.6) is 5.88 Å². The maximum absolute atomic E-state index is 13.7. The predicted molar refractivity (Wildman–Crippen MR) is 127 cm³/mol. The van der Waals surface area contributed by atoms with Gasteiger partial charge in [0, 0.05) is 30.1 Å². The zero-order chi connectivity index (χ0) is 22.8. The summed E-state index contributed by atoms with van der Waals surface area (Å²) < 4.78 is 6.19. The van der Waals surface area contributed by atoms with Crippen molar-refractivity contribution < 1.29 is 9.53 Å². The summed E-state index contributed by atoms with van der Waals surface area (Å²) in [5.74, 6) is 0.875. The maximum atomic E-state index is 13.7. The van der Waals surface area contributed by atoms with Gasteiger partial charge < -0.3 is 9.64 Å². The number of rotatable bonds is 5. The number of likely N-dealkylation sites (tertiary alicyclic amines) is 1. The minimum atomic E-state index is 0.00601. The first-order valence-corrected chi connectivity index (χ1v) is 11.4. The number of nitrogens with zero attached hydrogens (tertiary/aromatic N) is 5. The number of fused-ring (bicyclic) bond motifs is 1. The Morgan fingerprint density at radius 1 is 1.09 bits per heavy atom. The molecule has 2 atom stereocenters. The van der Waals surface area contributed by atoms with Gasteiger partial charge in [-0.3, -0.25) is 4.79 Å². The summed E-state index contributed by atoms with van der Waals surface area (Å²) in [6.07, 6.45) is 6.96. The summed E-state index contributed by atoms with van der Waals surface area (Å²) in [6, 6.07) is 15.9. The second-order valence-corrected chi connectivity index (χ2v) is 8.63. The number of aromatic nitrogens is 4. The largest absolute Gasteiger partial charge is 0.477 e. The predicted octanol–water partition coefficient (Wildman–Crippen LogP) is 4.44. The van der Waals surface area contributed by atoms with Crippen molar-refractivity contribution in [2.45, 2.75) is 32.7 Å². The highest BCUT2D eigenvalue weighted by Crippen LogP contribution is 2.29. The van der Waals surface area contributed by atoms with E-state index < -0.39 is 0 Å². The van der Waals surface area contributed by atoms with Gasteiger partial charge in [-0.05, 0) is 56.3 Å². The Labute approximate surface area is 193 Å². The number of hydrogen-bond donors (Lipinski definition) is 0. The van der Waals surface area contributed by atoms with Crippen molar-refractivity contribution in [3.05, 3.63) is 78.2 Å². The lowest BCUT2D eigenvalue weighted by Gasteiger charge is -2.39. The molecule has 1 aliphatic heterocycles. The smallest absolute Gasteiger partial charge is 0.256 e. The first kappa shape index (κ1) is 21.1. The zero-order valence-corrected chi connectivity index (χ0v) is 18.9. The fourth-order valence-electron chi connectivity index (χ4n) is 4.62. The van der Waals surface area contributed by atoms with Crippen LogP contribution < -0.4 is 4.74 Å². The van der Waals surface area contributed by atoms with Crippen molar-refractivity contribution in [2.24, 2.45) is 5.92 Å². The first-order valence-electron chi connectivity index (χ1n) is 11.4. The van der Waals surface area contributed by atoms with Crippen LogP contribution in [-0.4, -0.2) is 50.0 Å². The van der Waals surface area contributed by atoms with E-state index in [0.29, 0.717) is 23.7 Å². The molecular formula is C26H27N5O2. The lowest BCUT2D eigenvalue weighted by atomic mass is 9.90. The molecule has 0 N–H and O–H groups in total. The van der Waals surface area contributed by atoms with E-state index >= 15 is 0 Å². The highest BCUT2D eigenvalue weighted by molar-refractivity contribution is 5.98. The van der Waals surface area contributed by atoms with E-state index in [1.54, 1.807) is 18.6 Å². The summed E-state index contributed by atoms with van der Waals surface area (Å²) in [4.78, 5) is 21.6. The SMILES string of the molecule is Cc1ccc(-n2nccn2)c(C(=O)N2CCCC(COc3nccc4ccccc34)C2C)c1. The van der Waals surface area contributed by atoms with Crippen molar-refractivity contribution in [3.63, 3.8) is 0 Å². The topological polar surface area (TPSA) is 73.1 Å². The minimum Gasteiger partial charge on any atom is -0.477 e. The molecule has 1 amide bonds. The van der Waals surface area contributed by atoms with E-state index in [2.05, 4.69) is 28.2 Å². The van der Waals surface area contributed by atoms with Gasteiger partial charge in [-0.25, -0.2) is 4.98 Å². The molecule has 1 saturated heterocycles. The van der Waals surface area contributed by atoms with Crippen LogP contribution in [0.1, 0.15) is 35.7 Å². The summed E-state index contributed by atoms with van der Waals surface area (Å²) in [6.45, 7) is 5.35. The number of aryl methyl sites for hydroxylation is 1. The highest BCUT2D eigenvalue weighted by atomic mass is 16.5. The van der Waals surface area contributed by atoms with E-state index in [9.17, 15) is 4.79 Å². The molecule has 2 unspecified atom stereocenters. The Hall–Kier alpha value is -3.74. The normalized spacial score (nSPS) is 18.4. The van der Waals surface area contributed by atoms with Crippen molar-refractivity contribution in [1.82, 2.24) is 24.9 Å². The van der Waals surface area contributed by atoms with Crippen LogP contribution in [0.25, 0.3) is 16.5 Å². The molecule has 0 spiro atoms. The van der Waals surface area contributed by atoms with E-state index in [1.807, 2.05) is 54.3 Å². The van der Waals surface area contributed by atoms with Crippen LogP contribution in [0.4, 0.5) is 0 Å². The molecule has 2 aromatic heterocycles.